The summed E-state index contributed by atoms with van der Waals surface area (Å²) in [5.41, 5.74) is 4.41. The Labute approximate surface area is 134 Å². The van der Waals surface area contributed by atoms with Gasteiger partial charge in [0.1, 0.15) is 0 Å². The van der Waals surface area contributed by atoms with Crippen LogP contribution in [0.25, 0.3) is 0 Å². The van der Waals surface area contributed by atoms with E-state index in [-0.39, 0.29) is 0 Å². The van der Waals surface area contributed by atoms with Crippen molar-refractivity contribution in [2.24, 2.45) is 0 Å². The number of rotatable bonds is 6. The molecule has 1 heterocycles. The van der Waals surface area contributed by atoms with E-state index in [4.69, 9.17) is 0 Å². The summed E-state index contributed by atoms with van der Waals surface area (Å²) in [6, 6.07) is 7.87. The van der Waals surface area contributed by atoms with E-state index in [1.165, 1.54) is 41.2 Å². The van der Waals surface area contributed by atoms with E-state index >= 15 is 0 Å². The van der Waals surface area contributed by atoms with Crippen LogP contribution in [0.1, 0.15) is 30.0 Å². The smallest absolute Gasteiger partial charge is 0.0340 e. The van der Waals surface area contributed by atoms with Crippen molar-refractivity contribution in [2.75, 3.05) is 31.6 Å². The quantitative estimate of drug-likeness (QED) is 0.868. The number of nitrogens with zero attached hydrogens (tertiary/aromatic N) is 1. The van der Waals surface area contributed by atoms with Gasteiger partial charge in [-0.1, -0.05) is 25.1 Å². The third-order valence-electron chi connectivity index (χ3n) is 4.63. The van der Waals surface area contributed by atoms with Gasteiger partial charge in [0.15, 0.2) is 0 Å². The third kappa shape index (κ3) is 4.48. The Kier molecular flexibility index (Phi) is 6.59. The molecule has 1 aromatic rings. The van der Waals surface area contributed by atoms with Crippen molar-refractivity contribution in [3.05, 3.63) is 34.9 Å². The first-order valence-electron chi connectivity index (χ1n) is 8.20. The highest BCUT2D eigenvalue weighted by Gasteiger charge is 2.28. The Bertz CT molecular complexity index is 427. The molecule has 21 heavy (non-hydrogen) atoms. The Morgan fingerprint density at radius 2 is 2.05 bits per heavy atom. The maximum Gasteiger partial charge on any atom is 0.0340 e. The van der Waals surface area contributed by atoms with Crippen LogP contribution >= 0.6 is 11.8 Å². The Morgan fingerprint density at radius 3 is 2.67 bits per heavy atom. The number of thioether (sulfide) groups is 1. The average Bonchev–Trinajstić information content (AvgIpc) is 2.47. The molecule has 0 bridgehead atoms. The minimum atomic E-state index is 0.558. The fourth-order valence-corrected chi connectivity index (χ4v) is 4.51. The van der Waals surface area contributed by atoms with E-state index in [1.54, 1.807) is 0 Å². The second kappa shape index (κ2) is 8.21. The first kappa shape index (κ1) is 16.9. The SMILES string of the molecule is CCCNC(Cc1c(C)cccc1C)C1CSCCN1C. The lowest BCUT2D eigenvalue weighted by molar-refractivity contribution is 0.213. The lowest BCUT2D eigenvalue weighted by Crippen LogP contribution is -2.54. The summed E-state index contributed by atoms with van der Waals surface area (Å²) in [5, 5.41) is 3.82. The summed E-state index contributed by atoms with van der Waals surface area (Å²) >= 11 is 2.11. The number of nitrogens with one attached hydrogen (secondary N) is 1. The van der Waals surface area contributed by atoms with E-state index in [1.807, 2.05) is 0 Å². The summed E-state index contributed by atoms with van der Waals surface area (Å²) in [6.45, 7) is 9.08. The molecule has 1 aliphatic heterocycles. The molecule has 0 spiro atoms. The fourth-order valence-electron chi connectivity index (χ4n) is 3.19. The molecule has 3 heteroatoms. The molecule has 1 aromatic carbocycles. The van der Waals surface area contributed by atoms with Gasteiger partial charge in [-0.15, -0.1) is 0 Å². The molecule has 1 fully saturated rings. The van der Waals surface area contributed by atoms with Gasteiger partial charge in [-0.3, -0.25) is 0 Å². The maximum atomic E-state index is 3.82. The predicted octanol–water partition coefficient (Wildman–Crippen LogP) is 3.26. The van der Waals surface area contributed by atoms with Gasteiger partial charge in [-0.25, -0.2) is 0 Å². The van der Waals surface area contributed by atoms with Crippen LogP contribution < -0.4 is 5.32 Å². The highest BCUT2D eigenvalue weighted by atomic mass is 32.2. The van der Waals surface area contributed by atoms with Crippen LogP contribution in [0.5, 0.6) is 0 Å². The third-order valence-corrected chi connectivity index (χ3v) is 5.68. The zero-order valence-corrected chi connectivity index (χ0v) is 14.8. The lowest BCUT2D eigenvalue weighted by Gasteiger charge is -2.38. The first-order valence-corrected chi connectivity index (χ1v) is 9.35. The van der Waals surface area contributed by atoms with Crippen molar-refractivity contribution >= 4 is 11.8 Å². The number of hydrogen-bond acceptors (Lipinski definition) is 3. The topological polar surface area (TPSA) is 15.3 Å². The highest BCUT2D eigenvalue weighted by Crippen LogP contribution is 2.22. The molecule has 2 rings (SSSR count). The fraction of sp³-hybridized carbons (Fsp3) is 0.667. The molecule has 1 aliphatic rings. The summed E-state index contributed by atoms with van der Waals surface area (Å²) in [5.74, 6) is 2.53. The van der Waals surface area contributed by atoms with Crippen LogP contribution in [-0.4, -0.2) is 48.6 Å². The molecule has 0 aliphatic carbocycles. The molecular formula is C18H30N2S. The van der Waals surface area contributed by atoms with Gasteiger partial charge in [0.05, 0.1) is 0 Å². The Hall–Kier alpha value is -0.510. The van der Waals surface area contributed by atoms with Gasteiger partial charge in [0.2, 0.25) is 0 Å². The predicted molar refractivity (Wildman–Crippen MR) is 95.4 cm³/mol. The lowest BCUT2D eigenvalue weighted by atomic mass is 9.93. The van der Waals surface area contributed by atoms with Crippen LogP contribution in [0.3, 0.4) is 0 Å². The van der Waals surface area contributed by atoms with E-state index in [0.717, 1.165) is 13.0 Å². The standard InChI is InChI=1S/C18H30N2S/c1-5-9-19-17(18-13-21-11-10-20(18)4)12-16-14(2)7-6-8-15(16)3/h6-8,17-19H,5,9-13H2,1-4H3. The number of benzene rings is 1. The number of likely N-dealkylation sites (N-methyl/N-ethyl adjacent to an activating group) is 1. The van der Waals surface area contributed by atoms with E-state index in [0.29, 0.717) is 12.1 Å². The van der Waals surface area contributed by atoms with Crippen molar-refractivity contribution in [3.63, 3.8) is 0 Å². The van der Waals surface area contributed by atoms with Gasteiger partial charge in [-0.2, -0.15) is 11.8 Å². The van der Waals surface area contributed by atoms with Crippen LogP contribution in [0, 0.1) is 13.8 Å². The van der Waals surface area contributed by atoms with Crippen molar-refractivity contribution in [1.29, 1.82) is 0 Å². The normalized spacial score (nSPS) is 21.4. The summed E-state index contributed by atoms with van der Waals surface area (Å²) in [4.78, 5) is 2.55. The second-order valence-corrected chi connectivity index (χ2v) is 7.41. The highest BCUT2D eigenvalue weighted by molar-refractivity contribution is 7.99. The van der Waals surface area contributed by atoms with Crippen LogP contribution in [0.2, 0.25) is 0 Å². The van der Waals surface area contributed by atoms with E-state index < -0.39 is 0 Å². The molecule has 2 atom stereocenters. The molecule has 118 valence electrons. The van der Waals surface area contributed by atoms with Crippen LogP contribution in [-0.2, 0) is 6.42 Å². The van der Waals surface area contributed by atoms with Gasteiger partial charge < -0.3 is 10.2 Å². The largest absolute Gasteiger partial charge is 0.312 e. The molecule has 0 radical (unpaired) electrons. The minimum absolute atomic E-state index is 0.558. The van der Waals surface area contributed by atoms with Crippen molar-refractivity contribution in [3.8, 4) is 0 Å². The Morgan fingerprint density at radius 1 is 1.33 bits per heavy atom. The summed E-state index contributed by atoms with van der Waals surface area (Å²) in [7, 11) is 2.29. The average molecular weight is 307 g/mol. The molecule has 1 N–H and O–H groups in total. The van der Waals surface area contributed by atoms with Crippen LogP contribution in [0.4, 0.5) is 0 Å². The molecule has 0 amide bonds. The first-order chi connectivity index (χ1) is 10.1. The monoisotopic (exact) mass is 306 g/mol. The minimum Gasteiger partial charge on any atom is -0.312 e. The number of aryl methyl sites for hydroxylation is 2. The van der Waals surface area contributed by atoms with Crippen LogP contribution in [0.15, 0.2) is 18.2 Å². The van der Waals surface area contributed by atoms with Crippen molar-refractivity contribution in [1.82, 2.24) is 10.2 Å². The second-order valence-electron chi connectivity index (χ2n) is 6.26. The summed E-state index contributed by atoms with van der Waals surface area (Å²) in [6.07, 6.45) is 2.35. The van der Waals surface area contributed by atoms with Gasteiger partial charge in [0, 0.05) is 30.1 Å². The van der Waals surface area contributed by atoms with E-state index in [2.05, 4.69) is 68.0 Å². The van der Waals surface area contributed by atoms with Crippen molar-refractivity contribution in [2.45, 2.75) is 45.7 Å². The molecule has 2 unspecified atom stereocenters. The number of hydrogen-bond donors (Lipinski definition) is 1. The maximum absolute atomic E-state index is 3.82. The van der Waals surface area contributed by atoms with Crippen molar-refractivity contribution < 1.29 is 0 Å². The van der Waals surface area contributed by atoms with Gasteiger partial charge in [0.25, 0.3) is 0 Å². The molecular weight excluding hydrogens is 276 g/mol. The summed E-state index contributed by atoms with van der Waals surface area (Å²) < 4.78 is 0. The Balaban J connectivity index is 2.15. The zero-order chi connectivity index (χ0) is 15.2. The van der Waals surface area contributed by atoms with E-state index in [9.17, 15) is 0 Å². The molecule has 2 nitrogen and oxygen atoms in total. The molecule has 1 saturated heterocycles. The van der Waals surface area contributed by atoms with Gasteiger partial charge in [-0.05, 0) is 57.0 Å². The zero-order valence-electron chi connectivity index (χ0n) is 14.0. The molecule has 0 aromatic heterocycles. The van der Waals surface area contributed by atoms with Gasteiger partial charge >= 0.3 is 0 Å². The molecule has 0 saturated carbocycles.